The Bertz CT molecular complexity index is 580. The van der Waals surface area contributed by atoms with E-state index < -0.39 is 0 Å². The van der Waals surface area contributed by atoms with Crippen LogP contribution in [-0.2, 0) is 6.42 Å². The standard InChI is InChI=1S/C16H16N2O/c19-16(13-6-2-1-3-7-13)18-14-10-4-8-12-9-5-11-17-15(12)14/h1-3,5-7,9,11,14H,4,8,10H2,(H,18,19). The number of nitrogens with one attached hydrogen (secondary N) is 1. The summed E-state index contributed by atoms with van der Waals surface area (Å²) in [5, 5.41) is 3.09. The van der Waals surface area contributed by atoms with Crippen molar-refractivity contribution in [2.75, 3.05) is 0 Å². The largest absolute Gasteiger partial charge is 0.344 e. The molecule has 1 amide bonds. The first-order chi connectivity index (χ1) is 9.34. The van der Waals surface area contributed by atoms with Gasteiger partial charge in [-0.3, -0.25) is 9.78 Å². The second-order valence-electron chi connectivity index (χ2n) is 4.83. The van der Waals surface area contributed by atoms with E-state index in [0.29, 0.717) is 5.56 Å². The van der Waals surface area contributed by atoms with Crippen molar-refractivity contribution in [2.45, 2.75) is 25.3 Å². The van der Waals surface area contributed by atoms with Crippen LogP contribution in [0.25, 0.3) is 0 Å². The Morgan fingerprint density at radius 1 is 1.16 bits per heavy atom. The number of carbonyl (C=O) groups is 1. The van der Waals surface area contributed by atoms with E-state index >= 15 is 0 Å². The summed E-state index contributed by atoms with van der Waals surface area (Å²) in [4.78, 5) is 16.6. The fraction of sp³-hybridized carbons (Fsp3) is 0.250. The number of amides is 1. The molecule has 19 heavy (non-hydrogen) atoms. The quantitative estimate of drug-likeness (QED) is 0.893. The molecule has 0 spiro atoms. The van der Waals surface area contributed by atoms with Crippen LogP contribution in [0.4, 0.5) is 0 Å². The van der Waals surface area contributed by atoms with Gasteiger partial charge in [0.1, 0.15) is 0 Å². The maximum absolute atomic E-state index is 12.2. The molecule has 96 valence electrons. The topological polar surface area (TPSA) is 42.0 Å². The minimum Gasteiger partial charge on any atom is -0.344 e. The van der Waals surface area contributed by atoms with Crippen LogP contribution in [0.3, 0.4) is 0 Å². The SMILES string of the molecule is O=C(NC1CCCc2cccnc21)c1ccccc1. The molecule has 1 N–H and O–H groups in total. The number of hydrogen-bond donors (Lipinski definition) is 1. The molecule has 0 saturated carbocycles. The molecule has 0 fully saturated rings. The highest BCUT2D eigenvalue weighted by Gasteiger charge is 2.22. The minimum absolute atomic E-state index is 0.0240. The van der Waals surface area contributed by atoms with Gasteiger partial charge >= 0.3 is 0 Å². The molecule has 0 saturated heterocycles. The molecule has 2 aromatic rings. The Balaban J connectivity index is 1.80. The molecule has 3 rings (SSSR count). The van der Waals surface area contributed by atoms with Crippen LogP contribution in [-0.4, -0.2) is 10.9 Å². The van der Waals surface area contributed by atoms with Gasteiger partial charge in [0.2, 0.25) is 0 Å². The summed E-state index contributed by atoms with van der Waals surface area (Å²) in [6.07, 6.45) is 4.91. The van der Waals surface area contributed by atoms with Crippen LogP contribution in [0, 0.1) is 0 Å². The number of carbonyl (C=O) groups excluding carboxylic acids is 1. The van der Waals surface area contributed by atoms with Crippen LogP contribution in [0.5, 0.6) is 0 Å². The molecule has 1 aromatic carbocycles. The Hall–Kier alpha value is -2.16. The van der Waals surface area contributed by atoms with Gasteiger partial charge in [-0.15, -0.1) is 0 Å². The number of benzene rings is 1. The average Bonchev–Trinajstić information content (AvgIpc) is 2.48. The number of aromatic nitrogens is 1. The van der Waals surface area contributed by atoms with Gasteiger partial charge in [-0.25, -0.2) is 0 Å². The van der Waals surface area contributed by atoms with Crippen LogP contribution < -0.4 is 5.32 Å². The summed E-state index contributed by atoms with van der Waals surface area (Å²) in [5.41, 5.74) is 2.98. The van der Waals surface area contributed by atoms with E-state index in [1.807, 2.05) is 36.4 Å². The second kappa shape index (κ2) is 5.22. The summed E-state index contributed by atoms with van der Waals surface area (Å²) in [7, 11) is 0. The fourth-order valence-corrected chi connectivity index (χ4v) is 2.58. The Kier molecular flexibility index (Phi) is 3.27. The maximum Gasteiger partial charge on any atom is 0.251 e. The van der Waals surface area contributed by atoms with Gasteiger partial charge in [0, 0.05) is 11.8 Å². The fourth-order valence-electron chi connectivity index (χ4n) is 2.58. The minimum atomic E-state index is -0.0240. The molecule has 0 radical (unpaired) electrons. The average molecular weight is 252 g/mol. The molecule has 1 aliphatic rings. The Morgan fingerprint density at radius 3 is 2.84 bits per heavy atom. The van der Waals surface area contributed by atoms with Crippen LogP contribution in [0.1, 0.15) is 40.5 Å². The van der Waals surface area contributed by atoms with Gasteiger partial charge < -0.3 is 5.32 Å². The molecule has 1 atom stereocenters. The maximum atomic E-state index is 12.2. The predicted molar refractivity (Wildman–Crippen MR) is 73.8 cm³/mol. The van der Waals surface area contributed by atoms with Gasteiger partial charge in [-0.05, 0) is 43.0 Å². The lowest BCUT2D eigenvalue weighted by atomic mass is 9.92. The lowest BCUT2D eigenvalue weighted by Gasteiger charge is -2.25. The van der Waals surface area contributed by atoms with Crippen molar-refractivity contribution >= 4 is 5.91 Å². The van der Waals surface area contributed by atoms with Crippen molar-refractivity contribution in [2.24, 2.45) is 0 Å². The number of aryl methyl sites for hydroxylation is 1. The lowest BCUT2D eigenvalue weighted by Crippen LogP contribution is -2.31. The first kappa shape index (κ1) is 11.9. The third-order valence-electron chi connectivity index (χ3n) is 3.54. The molecule has 3 nitrogen and oxygen atoms in total. The highest BCUT2D eigenvalue weighted by atomic mass is 16.1. The van der Waals surface area contributed by atoms with Gasteiger partial charge in [-0.1, -0.05) is 24.3 Å². The predicted octanol–water partition coefficient (Wildman–Crippen LogP) is 2.89. The molecule has 1 aromatic heterocycles. The number of fused-ring (bicyclic) bond motifs is 1. The highest BCUT2D eigenvalue weighted by Crippen LogP contribution is 2.27. The van der Waals surface area contributed by atoms with Crippen molar-refractivity contribution in [3.63, 3.8) is 0 Å². The van der Waals surface area contributed by atoms with Crippen LogP contribution in [0.15, 0.2) is 48.7 Å². The van der Waals surface area contributed by atoms with Gasteiger partial charge in [0.25, 0.3) is 5.91 Å². The molecule has 1 aliphatic carbocycles. The van der Waals surface area contributed by atoms with E-state index in [2.05, 4.69) is 16.4 Å². The first-order valence-corrected chi connectivity index (χ1v) is 6.64. The third-order valence-corrected chi connectivity index (χ3v) is 3.54. The van der Waals surface area contributed by atoms with Crippen LogP contribution >= 0.6 is 0 Å². The lowest BCUT2D eigenvalue weighted by molar-refractivity contribution is 0.0931. The zero-order valence-electron chi connectivity index (χ0n) is 10.7. The van der Waals surface area contributed by atoms with Crippen molar-refractivity contribution in [1.29, 1.82) is 0 Å². The van der Waals surface area contributed by atoms with E-state index in [9.17, 15) is 4.79 Å². The summed E-state index contributed by atoms with van der Waals surface area (Å²) >= 11 is 0. The van der Waals surface area contributed by atoms with E-state index in [4.69, 9.17) is 0 Å². The summed E-state index contributed by atoms with van der Waals surface area (Å²) < 4.78 is 0. The van der Waals surface area contributed by atoms with Gasteiger partial charge in [0.05, 0.1) is 11.7 Å². The number of rotatable bonds is 2. The van der Waals surface area contributed by atoms with E-state index in [1.54, 1.807) is 6.20 Å². The zero-order chi connectivity index (χ0) is 13.1. The first-order valence-electron chi connectivity index (χ1n) is 6.64. The highest BCUT2D eigenvalue weighted by molar-refractivity contribution is 5.94. The van der Waals surface area contributed by atoms with Crippen molar-refractivity contribution in [1.82, 2.24) is 10.3 Å². The van der Waals surface area contributed by atoms with Gasteiger partial charge in [0.15, 0.2) is 0 Å². The van der Waals surface area contributed by atoms with Gasteiger partial charge in [-0.2, -0.15) is 0 Å². The van der Waals surface area contributed by atoms with Crippen molar-refractivity contribution in [3.05, 3.63) is 65.5 Å². The monoisotopic (exact) mass is 252 g/mol. The molecule has 1 heterocycles. The van der Waals surface area contributed by atoms with E-state index in [0.717, 1.165) is 25.0 Å². The number of pyridine rings is 1. The Labute approximate surface area is 112 Å². The molecular weight excluding hydrogens is 236 g/mol. The molecule has 3 heteroatoms. The molecule has 0 aliphatic heterocycles. The molecular formula is C16H16N2O. The molecule has 1 unspecified atom stereocenters. The number of hydrogen-bond acceptors (Lipinski definition) is 2. The van der Waals surface area contributed by atoms with Crippen LogP contribution in [0.2, 0.25) is 0 Å². The number of nitrogens with zero attached hydrogens (tertiary/aromatic N) is 1. The van der Waals surface area contributed by atoms with E-state index in [1.165, 1.54) is 5.56 Å². The smallest absolute Gasteiger partial charge is 0.251 e. The van der Waals surface area contributed by atoms with E-state index in [-0.39, 0.29) is 11.9 Å². The summed E-state index contributed by atoms with van der Waals surface area (Å²) in [6, 6.07) is 13.4. The second-order valence-corrected chi connectivity index (χ2v) is 4.83. The molecule has 0 bridgehead atoms. The summed E-state index contributed by atoms with van der Waals surface area (Å²) in [6.45, 7) is 0. The van der Waals surface area contributed by atoms with Crippen molar-refractivity contribution in [3.8, 4) is 0 Å². The van der Waals surface area contributed by atoms with Crippen molar-refractivity contribution < 1.29 is 4.79 Å². The Morgan fingerprint density at radius 2 is 2.00 bits per heavy atom. The summed E-state index contributed by atoms with van der Waals surface area (Å²) in [5.74, 6) is -0.0240. The zero-order valence-corrected chi connectivity index (χ0v) is 10.7. The third kappa shape index (κ3) is 2.50. The normalized spacial score (nSPS) is 17.6.